The highest BCUT2D eigenvalue weighted by atomic mass is 16.2. The molecule has 0 saturated heterocycles. The van der Waals surface area contributed by atoms with Gasteiger partial charge >= 0.3 is 0 Å². The Morgan fingerprint density at radius 3 is 2.62 bits per heavy atom. The average molecular weight is 322 g/mol. The zero-order valence-corrected chi connectivity index (χ0v) is 14.0. The van der Waals surface area contributed by atoms with Crippen LogP contribution in [0.2, 0.25) is 0 Å². The van der Waals surface area contributed by atoms with E-state index in [4.69, 9.17) is 0 Å². The van der Waals surface area contributed by atoms with Crippen LogP contribution in [0.25, 0.3) is 0 Å². The number of aryl methyl sites for hydroxylation is 3. The molecular weight excluding hydrogens is 300 g/mol. The average Bonchev–Trinajstić information content (AvgIpc) is 2.59. The van der Waals surface area contributed by atoms with Crippen LogP contribution in [0, 0.1) is 6.92 Å². The van der Waals surface area contributed by atoms with Gasteiger partial charge in [-0.2, -0.15) is 0 Å². The van der Waals surface area contributed by atoms with E-state index in [9.17, 15) is 9.59 Å². The number of amides is 1. The highest BCUT2D eigenvalue weighted by Crippen LogP contribution is 2.23. The van der Waals surface area contributed by atoms with Gasteiger partial charge < -0.3 is 5.32 Å². The van der Waals surface area contributed by atoms with E-state index in [0.717, 1.165) is 24.1 Å². The molecule has 1 amide bonds. The summed E-state index contributed by atoms with van der Waals surface area (Å²) in [4.78, 5) is 28.6. The summed E-state index contributed by atoms with van der Waals surface area (Å²) in [6.45, 7) is 1.87. The van der Waals surface area contributed by atoms with Crippen LogP contribution in [0.3, 0.4) is 0 Å². The maximum atomic E-state index is 12.3. The van der Waals surface area contributed by atoms with E-state index in [1.54, 1.807) is 6.07 Å². The van der Waals surface area contributed by atoms with Crippen molar-refractivity contribution in [1.29, 1.82) is 0 Å². The summed E-state index contributed by atoms with van der Waals surface area (Å²) in [7, 11) is 0. The quantitative estimate of drug-likeness (QED) is 0.850. The molecule has 1 N–H and O–H groups in total. The van der Waals surface area contributed by atoms with Crippen LogP contribution < -0.4 is 5.32 Å². The lowest BCUT2D eigenvalue weighted by Crippen LogP contribution is -2.15. The largest absolute Gasteiger partial charge is 0.311 e. The Balaban J connectivity index is 1.56. The topological polar surface area (TPSA) is 59.1 Å². The molecule has 0 fully saturated rings. The highest BCUT2D eigenvalue weighted by molar-refractivity contribution is 6.00. The SMILES string of the molecule is Cc1cccc(NC(=O)CCC(=O)c2ccc3c(c2)CCCC3)n1. The zero-order chi connectivity index (χ0) is 16.9. The fourth-order valence-corrected chi connectivity index (χ4v) is 3.10. The molecule has 4 nitrogen and oxygen atoms in total. The van der Waals surface area contributed by atoms with E-state index >= 15 is 0 Å². The molecule has 0 radical (unpaired) electrons. The fourth-order valence-electron chi connectivity index (χ4n) is 3.10. The monoisotopic (exact) mass is 322 g/mol. The first-order valence-corrected chi connectivity index (χ1v) is 8.50. The molecule has 0 aliphatic heterocycles. The molecule has 0 bridgehead atoms. The van der Waals surface area contributed by atoms with Crippen LogP contribution in [0.15, 0.2) is 36.4 Å². The summed E-state index contributed by atoms with van der Waals surface area (Å²) < 4.78 is 0. The van der Waals surface area contributed by atoms with E-state index in [-0.39, 0.29) is 24.5 Å². The number of ketones is 1. The van der Waals surface area contributed by atoms with Gasteiger partial charge in [0.25, 0.3) is 0 Å². The van der Waals surface area contributed by atoms with Gasteiger partial charge in [0.1, 0.15) is 5.82 Å². The number of anilines is 1. The maximum absolute atomic E-state index is 12.3. The number of fused-ring (bicyclic) bond motifs is 1. The van der Waals surface area contributed by atoms with Crippen molar-refractivity contribution in [2.75, 3.05) is 5.32 Å². The molecule has 0 saturated carbocycles. The van der Waals surface area contributed by atoms with Crippen LogP contribution in [0.1, 0.15) is 52.9 Å². The number of hydrogen-bond donors (Lipinski definition) is 1. The number of carbonyl (C=O) groups excluding carboxylic acids is 2. The lowest BCUT2D eigenvalue weighted by molar-refractivity contribution is -0.116. The van der Waals surface area contributed by atoms with Gasteiger partial charge in [-0.15, -0.1) is 0 Å². The van der Waals surface area contributed by atoms with E-state index in [2.05, 4.69) is 16.4 Å². The first-order chi connectivity index (χ1) is 11.6. The Kier molecular flexibility index (Phi) is 5.04. The lowest BCUT2D eigenvalue weighted by atomic mass is 9.89. The third-order valence-corrected chi connectivity index (χ3v) is 4.41. The molecule has 24 heavy (non-hydrogen) atoms. The molecule has 1 aliphatic rings. The number of rotatable bonds is 5. The van der Waals surface area contributed by atoms with Crippen molar-refractivity contribution in [1.82, 2.24) is 4.98 Å². The Labute approximate surface area is 142 Å². The van der Waals surface area contributed by atoms with Crippen molar-refractivity contribution in [2.24, 2.45) is 0 Å². The van der Waals surface area contributed by atoms with Gasteiger partial charge in [0.2, 0.25) is 5.91 Å². The van der Waals surface area contributed by atoms with E-state index < -0.39 is 0 Å². The molecule has 0 atom stereocenters. The Morgan fingerprint density at radius 2 is 1.83 bits per heavy atom. The number of pyridine rings is 1. The Bertz CT molecular complexity index is 768. The molecule has 2 aromatic rings. The maximum Gasteiger partial charge on any atom is 0.225 e. The highest BCUT2D eigenvalue weighted by Gasteiger charge is 2.14. The van der Waals surface area contributed by atoms with Gasteiger partial charge in [0, 0.05) is 24.1 Å². The van der Waals surface area contributed by atoms with Crippen LogP contribution in [0.5, 0.6) is 0 Å². The van der Waals surface area contributed by atoms with Gasteiger partial charge in [-0.1, -0.05) is 18.2 Å². The van der Waals surface area contributed by atoms with Gasteiger partial charge in [-0.25, -0.2) is 4.98 Å². The van der Waals surface area contributed by atoms with Crippen LogP contribution in [-0.4, -0.2) is 16.7 Å². The molecule has 1 aromatic carbocycles. The number of benzene rings is 1. The summed E-state index contributed by atoms with van der Waals surface area (Å²) in [5.74, 6) is 0.372. The molecule has 1 heterocycles. The van der Waals surface area contributed by atoms with Gasteiger partial charge in [-0.3, -0.25) is 9.59 Å². The third kappa shape index (κ3) is 4.07. The van der Waals surface area contributed by atoms with E-state index in [0.29, 0.717) is 5.82 Å². The number of nitrogens with zero attached hydrogens (tertiary/aromatic N) is 1. The summed E-state index contributed by atoms with van der Waals surface area (Å²) >= 11 is 0. The number of nitrogens with one attached hydrogen (secondary N) is 1. The molecule has 124 valence electrons. The summed E-state index contributed by atoms with van der Waals surface area (Å²) in [6.07, 6.45) is 4.97. The first kappa shape index (κ1) is 16.4. The van der Waals surface area contributed by atoms with Crippen molar-refractivity contribution in [3.63, 3.8) is 0 Å². The van der Waals surface area contributed by atoms with E-state index in [1.807, 2.05) is 31.2 Å². The second kappa shape index (κ2) is 7.39. The van der Waals surface area contributed by atoms with Crippen LogP contribution >= 0.6 is 0 Å². The van der Waals surface area contributed by atoms with Crippen molar-refractivity contribution >= 4 is 17.5 Å². The van der Waals surface area contributed by atoms with Crippen molar-refractivity contribution in [3.8, 4) is 0 Å². The van der Waals surface area contributed by atoms with Crippen LogP contribution in [-0.2, 0) is 17.6 Å². The summed E-state index contributed by atoms with van der Waals surface area (Å²) in [5.41, 5.74) is 4.22. The first-order valence-electron chi connectivity index (χ1n) is 8.50. The summed E-state index contributed by atoms with van der Waals surface area (Å²) in [5, 5.41) is 2.74. The Hall–Kier alpha value is -2.49. The minimum atomic E-state index is -0.181. The third-order valence-electron chi connectivity index (χ3n) is 4.41. The van der Waals surface area contributed by atoms with E-state index in [1.165, 1.54) is 24.0 Å². The number of hydrogen-bond acceptors (Lipinski definition) is 3. The molecule has 4 heteroatoms. The standard InChI is InChI=1S/C20H22N2O2/c1-14-5-4-8-19(21-14)22-20(24)12-11-18(23)17-10-9-15-6-2-3-7-16(15)13-17/h4-5,8-10,13H,2-3,6-7,11-12H2,1H3,(H,21,22,24). The second-order valence-electron chi connectivity index (χ2n) is 6.33. The number of aromatic nitrogens is 1. The minimum Gasteiger partial charge on any atom is -0.311 e. The molecule has 1 aromatic heterocycles. The lowest BCUT2D eigenvalue weighted by Gasteiger charge is -2.16. The normalized spacial score (nSPS) is 13.2. The van der Waals surface area contributed by atoms with Crippen LogP contribution in [0.4, 0.5) is 5.82 Å². The smallest absolute Gasteiger partial charge is 0.225 e. The number of carbonyl (C=O) groups is 2. The molecule has 0 unspecified atom stereocenters. The number of Topliss-reactive ketones (excluding diaryl/α,β-unsaturated/α-hetero) is 1. The molecule has 0 spiro atoms. The van der Waals surface area contributed by atoms with Gasteiger partial charge in [-0.05, 0) is 61.9 Å². The minimum absolute atomic E-state index is 0.0238. The van der Waals surface area contributed by atoms with Gasteiger partial charge in [0.05, 0.1) is 0 Å². The molecule has 1 aliphatic carbocycles. The predicted molar refractivity (Wildman–Crippen MR) is 94.3 cm³/mol. The van der Waals surface area contributed by atoms with Crippen molar-refractivity contribution in [2.45, 2.75) is 45.4 Å². The Morgan fingerprint density at radius 1 is 1.04 bits per heavy atom. The van der Waals surface area contributed by atoms with Crippen molar-refractivity contribution < 1.29 is 9.59 Å². The second-order valence-corrected chi connectivity index (χ2v) is 6.33. The fraction of sp³-hybridized carbons (Fsp3) is 0.350. The van der Waals surface area contributed by atoms with Gasteiger partial charge in [0.15, 0.2) is 5.78 Å². The predicted octanol–water partition coefficient (Wildman–Crippen LogP) is 3.87. The summed E-state index contributed by atoms with van der Waals surface area (Å²) in [6, 6.07) is 11.4. The molecular formula is C20H22N2O2. The molecule has 3 rings (SSSR count). The van der Waals surface area contributed by atoms with Crippen molar-refractivity contribution in [3.05, 3.63) is 58.8 Å². The zero-order valence-electron chi connectivity index (χ0n) is 14.0.